The highest BCUT2D eigenvalue weighted by molar-refractivity contribution is 5.69. The minimum Gasteiger partial charge on any atom is -0.466 e. The number of carbonyl (C=O) groups excluding carboxylic acids is 2. The Morgan fingerprint density at radius 1 is 0.643 bits per heavy atom. The van der Waals surface area contributed by atoms with Crippen LogP contribution in [0.2, 0.25) is 0 Å². The molecule has 0 rings (SSSR count). The zero-order valence-corrected chi connectivity index (χ0v) is 18.9. The van der Waals surface area contributed by atoms with Gasteiger partial charge in [-0.25, -0.2) is 0 Å². The summed E-state index contributed by atoms with van der Waals surface area (Å²) in [4.78, 5) is 23.5. The van der Waals surface area contributed by atoms with Gasteiger partial charge in [0.2, 0.25) is 0 Å². The van der Waals surface area contributed by atoms with Crippen LogP contribution in [0.4, 0.5) is 0 Å². The quantitative estimate of drug-likeness (QED) is 0.164. The molecule has 4 nitrogen and oxygen atoms in total. The third-order valence-electron chi connectivity index (χ3n) is 5.30. The van der Waals surface area contributed by atoms with Crippen molar-refractivity contribution in [2.24, 2.45) is 5.92 Å². The van der Waals surface area contributed by atoms with Crippen LogP contribution in [0.15, 0.2) is 0 Å². The van der Waals surface area contributed by atoms with E-state index < -0.39 is 0 Å². The van der Waals surface area contributed by atoms with Crippen LogP contribution in [-0.2, 0) is 19.1 Å². The fourth-order valence-electron chi connectivity index (χ4n) is 3.30. The minimum absolute atomic E-state index is 0.0236. The van der Waals surface area contributed by atoms with Gasteiger partial charge in [0.25, 0.3) is 0 Å². The van der Waals surface area contributed by atoms with E-state index in [4.69, 9.17) is 9.47 Å². The highest BCUT2D eigenvalue weighted by atomic mass is 16.5. The highest BCUT2D eigenvalue weighted by Gasteiger charge is 2.13. The Morgan fingerprint density at radius 2 is 1.18 bits per heavy atom. The second kappa shape index (κ2) is 20.7. The summed E-state index contributed by atoms with van der Waals surface area (Å²) in [7, 11) is 0. The zero-order valence-electron chi connectivity index (χ0n) is 18.9. The Morgan fingerprint density at radius 3 is 1.75 bits per heavy atom. The van der Waals surface area contributed by atoms with Gasteiger partial charge in [0.15, 0.2) is 0 Å². The maximum absolute atomic E-state index is 11.9. The van der Waals surface area contributed by atoms with Crippen molar-refractivity contribution in [1.29, 1.82) is 0 Å². The Balaban J connectivity index is 3.51. The molecule has 0 aliphatic heterocycles. The van der Waals surface area contributed by atoms with Crippen LogP contribution in [0.5, 0.6) is 0 Å². The number of hydrogen-bond donors (Lipinski definition) is 0. The first-order valence-electron chi connectivity index (χ1n) is 11.9. The number of ether oxygens (including phenoxy) is 2. The lowest BCUT2D eigenvalue weighted by Gasteiger charge is -2.14. The first-order valence-corrected chi connectivity index (χ1v) is 11.9. The molecule has 0 aromatic carbocycles. The topological polar surface area (TPSA) is 52.6 Å². The lowest BCUT2D eigenvalue weighted by atomic mass is 9.95. The normalized spacial score (nSPS) is 12.0. The SMILES string of the molecule is CCCCCOC(=O)CCCCCCCCC(CC)CC(=O)OCCCCC. The van der Waals surface area contributed by atoms with Crippen LogP contribution in [0, 0.1) is 5.92 Å². The average Bonchev–Trinajstić information content (AvgIpc) is 2.69. The Bertz CT molecular complexity index is 368. The summed E-state index contributed by atoms with van der Waals surface area (Å²) in [6, 6.07) is 0. The molecule has 4 heteroatoms. The first-order chi connectivity index (χ1) is 13.6. The molecular formula is C24H46O4. The van der Waals surface area contributed by atoms with Crippen LogP contribution in [0.3, 0.4) is 0 Å². The van der Waals surface area contributed by atoms with Crippen LogP contribution < -0.4 is 0 Å². The number of hydrogen-bond acceptors (Lipinski definition) is 4. The van der Waals surface area contributed by atoms with E-state index >= 15 is 0 Å². The third kappa shape index (κ3) is 18.3. The molecule has 0 saturated carbocycles. The molecule has 0 heterocycles. The van der Waals surface area contributed by atoms with E-state index in [1.54, 1.807) is 0 Å². The van der Waals surface area contributed by atoms with Gasteiger partial charge in [-0.1, -0.05) is 85.0 Å². The number of rotatable bonds is 20. The molecule has 0 spiro atoms. The van der Waals surface area contributed by atoms with Crippen LogP contribution in [-0.4, -0.2) is 25.2 Å². The minimum atomic E-state index is -0.0385. The summed E-state index contributed by atoms with van der Waals surface area (Å²) in [6.45, 7) is 7.62. The summed E-state index contributed by atoms with van der Waals surface area (Å²) >= 11 is 0. The first kappa shape index (κ1) is 26.9. The van der Waals surface area contributed by atoms with E-state index in [0.29, 0.717) is 32.0 Å². The summed E-state index contributed by atoms with van der Waals surface area (Å²) in [6.07, 6.45) is 16.7. The van der Waals surface area contributed by atoms with E-state index in [-0.39, 0.29) is 11.9 Å². The summed E-state index contributed by atoms with van der Waals surface area (Å²) < 4.78 is 10.5. The van der Waals surface area contributed by atoms with Gasteiger partial charge < -0.3 is 9.47 Å². The predicted octanol–water partition coefficient (Wildman–Crippen LogP) is 6.99. The van der Waals surface area contributed by atoms with Crippen molar-refractivity contribution >= 4 is 11.9 Å². The van der Waals surface area contributed by atoms with Crippen LogP contribution >= 0.6 is 0 Å². The zero-order chi connectivity index (χ0) is 20.9. The number of carbonyl (C=O) groups is 2. The van der Waals surface area contributed by atoms with Crippen LogP contribution in [0.1, 0.15) is 124 Å². The average molecular weight is 399 g/mol. The molecular weight excluding hydrogens is 352 g/mol. The van der Waals surface area contributed by atoms with Crippen molar-refractivity contribution in [3.05, 3.63) is 0 Å². The summed E-state index contributed by atoms with van der Waals surface area (Å²) in [5.74, 6) is 0.397. The molecule has 1 atom stereocenters. The monoisotopic (exact) mass is 398 g/mol. The third-order valence-corrected chi connectivity index (χ3v) is 5.30. The summed E-state index contributed by atoms with van der Waals surface area (Å²) in [5.41, 5.74) is 0. The second-order valence-electron chi connectivity index (χ2n) is 7.99. The Labute approximate surface area is 174 Å². The fourth-order valence-corrected chi connectivity index (χ4v) is 3.30. The highest BCUT2D eigenvalue weighted by Crippen LogP contribution is 2.19. The molecule has 0 aromatic rings. The van der Waals surface area contributed by atoms with E-state index in [2.05, 4.69) is 20.8 Å². The van der Waals surface area contributed by atoms with Gasteiger partial charge in [0.05, 0.1) is 13.2 Å². The standard InChI is InChI=1S/C24H46O4/c1-4-7-15-19-27-23(25)18-14-12-10-9-11-13-17-22(6-3)21-24(26)28-20-16-8-5-2/h22H,4-21H2,1-3H3. The smallest absolute Gasteiger partial charge is 0.306 e. The molecule has 0 aliphatic carbocycles. The lowest BCUT2D eigenvalue weighted by Crippen LogP contribution is -2.12. The summed E-state index contributed by atoms with van der Waals surface area (Å²) in [5, 5.41) is 0. The van der Waals surface area contributed by atoms with Gasteiger partial charge in [-0.2, -0.15) is 0 Å². The van der Waals surface area contributed by atoms with Gasteiger partial charge in [-0.05, 0) is 31.6 Å². The van der Waals surface area contributed by atoms with Crippen molar-refractivity contribution in [2.45, 2.75) is 124 Å². The predicted molar refractivity (Wildman–Crippen MR) is 116 cm³/mol. The molecule has 0 aromatic heterocycles. The molecule has 0 fully saturated rings. The Hall–Kier alpha value is -1.06. The Kier molecular flexibility index (Phi) is 19.9. The molecule has 0 amide bonds. The van der Waals surface area contributed by atoms with Crippen molar-refractivity contribution < 1.29 is 19.1 Å². The molecule has 0 N–H and O–H groups in total. The molecule has 1 unspecified atom stereocenters. The number of unbranched alkanes of at least 4 members (excludes halogenated alkanes) is 9. The van der Waals surface area contributed by atoms with Gasteiger partial charge in [0.1, 0.15) is 0 Å². The van der Waals surface area contributed by atoms with E-state index in [0.717, 1.165) is 64.2 Å². The van der Waals surface area contributed by atoms with Crippen molar-refractivity contribution in [2.75, 3.05) is 13.2 Å². The molecule has 28 heavy (non-hydrogen) atoms. The second-order valence-corrected chi connectivity index (χ2v) is 7.99. The molecule has 166 valence electrons. The van der Waals surface area contributed by atoms with Crippen molar-refractivity contribution in [3.63, 3.8) is 0 Å². The molecule has 0 saturated heterocycles. The molecule has 0 radical (unpaired) electrons. The van der Waals surface area contributed by atoms with Crippen molar-refractivity contribution in [1.82, 2.24) is 0 Å². The fraction of sp³-hybridized carbons (Fsp3) is 0.917. The van der Waals surface area contributed by atoms with Gasteiger partial charge in [-0.15, -0.1) is 0 Å². The van der Waals surface area contributed by atoms with E-state index in [1.807, 2.05) is 0 Å². The van der Waals surface area contributed by atoms with E-state index in [9.17, 15) is 9.59 Å². The van der Waals surface area contributed by atoms with Crippen LogP contribution in [0.25, 0.3) is 0 Å². The molecule has 0 bridgehead atoms. The van der Waals surface area contributed by atoms with Gasteiger partial charge in [0, 0.05) is 12.8 Å². The lowest BCUT2D eigenvalue weighted by molar-refractivity contribution is -0.145. The van der Waals surface area contributed by atoms with Gasteiger partial charge >= 0.3 is 11.9 Å². The largest absolute Gasteiger partial charge is 0.466 e. The van der Waals surface area contributed by atoms with Crippen molar-refractivity contribution in [3.8, 4) is 0 Å². The maximum Gasteiger partial charge on any atom is 0.306 e. The molecule has 0 aliphatic rings. The van der Waals surface area contributed by atoms with Gasteiger partial charge in [-0.3, -0.25) is 9.59 Å². The maximum atomic E-state index is 11.9. The van der Waals surface area contributed by atoms with E-state index in [1.165, 1.54) is 25.7 Å². The number of esters is 2.